The highest BCUT2D eigenvalue weighted by molar-refractivity contribution is 7.85. The highest BCUT2D eigenvalue weighted by Gasteiger charge is 2.26. The van der Waals surface area contributed by atoms with Crippen LogP contribution in [0.25, 0.3) is 0 Å². The molecule has 0 spiro atoms. The van der Waals surface area contributed by atoms with Crippen LogP contribution in [0.15, 0.2) is 0 Å². The first-order chi connectivity index (χ1) is 6.38. The Labute approximate surface area is 90.1 Å². The Balaban J connectivity index is 2.38. The van der Waals surface area contributed by atoms with E-state index in [1.807, 2.05) is 13.8 Å². The van der Waals surface area contributed by atoms with E-state index >= 15 is 0 Å². The molecule has 1 unspecified atom stereocenters. The molecule has 0 radical (unpaired) electrons. The van der Waals surface area contributed by atoms with Gasteiger partial charge in [-0.2, -0.15) is 0 Å². The number of hydrogen-bond donors (Lipinski definition) is 1. The van der Waals surface area contributed by atoms with Crippen LogP contribution in [0.1, 0.15) is 46.5 Å². The predicted molar refractivity (Wildman–Crippen MR) is 62.7 cm³/mol. The predicted octanol–water partition coefficient (Wildman–Crippen LogP) is 2.05. The molecule has 0 aromatic rings. The lowest BCUT2D eigenvalue weighted by molar-refractivity contribution is 0.388. The van der Waals surface area contributed by atoms with Crippen molar-refractivity contribution in [2.24, 2.45) is 11.7 Å². The van der Waals surface area contributed by atoms with Gasteiger partial charge in [-0.25, -0.2) is 0 Å². The second-order valence-electron chi connectivity index (χ2n) is 5.40. The standard InChI is InChI=1S/C11H23NOS/c1-9-4-6-10(7-5-9)14(13)8-11(2,3)12/h9-10H,4-8,12H2,1-3H3. The first kappa shape index (κ1) is 12.2. The molecule has 0 aromatic carbocycles. The van der Waals surface area contributed by atoms with E-state index in [0.717, 1.165) is 18.8 Å². The Morgan fingerprint density at radius 3 is 2.21 bits per heavy atom. The fourth-order valence-electron chi connectivity index (χ4n) is 1.98. The van der Waals surface area contributed by atoms with Crippen molar-refractivity contribution < 1.29 is 4.21 Å². The lowest BCUT2D eigenvalue weighted by Crippen LogP contribution is -2.41. The summed E-state index contributed by atoms with van der Waals surface area (Å²) in [5.74, 6) is 1.47. The number of nitrogens with two attached hydrogens (primary N) is 1. The van der Waals surface area contributed by atoms with Gasteiger partial charge in [-0.15, -0.1) is 0 Å². The minimum Gasteiger partial charge on any atom is -0.325 e. The Morgan fingerprint density at radius 1 is 1.29 bits per heavy atom. The molecule has 0 aromatic heterocycles. The van der Waals surface area contributed by atoms with Crippen molar-refractivity contribution in [1.29, 1.82) is 0 Å². The molecule has 3 heteroatoms. The third kappa shape index (κ3) is 4.09. The van der Waals surface area contributed by atoms with E-state index in [0.29, 0.717) is 11.0 Å². The van der Waals surface area contributed by atoms with E-state index in [4.69, 9.17) is 5.73 Å². The van der Waals surface area contributed by atoms with Crippen molar-refractivity contribution in [2.45, 2.75) is 57.2 Å². The molecule has 2 nitrogen and oxygen atoms in total. The molecule has 0 aliphatic heterocycles. The Bertz CT molecular complexity index is 202. The lowest BCUT2D eigenvalue weighted by Gasteiger charge is -2.28. The number of rotatable bonds is 3. The summed E-state index contributed by atoms with van der Waals surface area (Å²) in [5.41, 5.74) is 5.59. The second kappa shape index (κ2) is 4.75. The van der Waals surface area contributed by atoms with Crippen LogP contribution in [0.3, 0.4) is 0 Å². The van der Waals surface area contributed by atoms with Gasteiger partial charge in [0.05, 0.1) is 0 Å². The summed E-state index contributed by atoms with van der Waals surface area (Å²) >= 11 is 0. The Hall–Kier alpha value is 0.110. The fourth-order valence-corrected chi connectivity index (χ4v) is 3.74. The van der Waals surface area contributed by atoms with Gasteiger partial charge < -0.3 is 5.73 Å². The molecule has 0 amide bonds. The first-order valence-electron chi connectivity index (χ1n) is 5.54. The van der Waals surface area contributed by atoms with Gasteiger partial charge in [0.1, 0.15) is 0 Å². The molecule has 0 heterocycles. The van der Waals surface area contributed by atoms with Gasteiger partial charge >= 0.3 is 0 Å². The van der Waals surface area contributed by atoms with E-state index in [9.17, 15) is 4.21 Å². The summed E-state index contributed by atoms with van der Waals surface area (Å²) < 4.78 is 12.0. The minimum absolute atomic E-state index is 0.284. The van der Waals surface area contributed by atoms with Crippen molar-refractivity contribution in [3.05, 3.63) is 0 Å². The first-order valence-corrected chi connectivity index (χ1v) is 6.93. The summed E-state index contributed by atoms with van der Waals surface area (Å²) in [6.45, 7) is 6.19. The van der Waals surface area contributed by atoms with E-state index in [-0.39, 0.29) is 5.54 Å². The molecule has 1 aliphatic rings. The average molecular weight is 217 g/mol. The third-order valence-electron chi connectivity index (χ3n) is 2.85. The van der Waals surface area contributed by atoms with Crippen LogP contribution in [0.5, 0.6) is 0 Å². The fraction of sp³-hybridized carbons (Fsp3) is 1.00. The van der Waals surface area contributed by atoms with Gasteiger partial charge in [0.2, 0.25) is 0 Å². The molecule has 1 aliphatic carbocycles. The Kier molecular flexibility index (Phi) is 4.14. The smallest absolute Gasteiger partial charge is 0.0412 e. The molecular formula is C11H23NOS. The van der Waals surface area contributed by atoms with Crippen molar-refractivity contribution >= 4 is 10.8 Å². The molecule has 84 valence electrons. The van der Waals surface area contributed by atoms with Gasteiger partial charge in [0, 0.05) is 27.3 Å². The highest BCUT2D eigenvalue weighted by atomic mass is 32.2. The van der Waals surface area contributed by atoms with E-state index < -0.39 is 10.8 Å². The van der Waals surface area contributed by atoms with Crippen molar-refractivity contribution in [2.75, 3.05) is 5.75 Å². The summed E-state index contributed by atoms with van der Waals surface area (Å²) in [4.78, 5) is 0. The maximum Gasteiger partial charge on any atom is 0.0412 e. The van der Waals surface area contributed by atoms with Gasteiger partial charge in [-0.3, -0.25) is 4.21 Å². The molecule has 0 saturated heterocycles. The van der Waals surface area contributed by atoms with Crippen LogP contribution >= 0.6 is 0 Å². The molecular weight excluding hydrogens is 194 g/mol. The second-order valence-corrected chi connectivity index (χ2v) is 7.11. The molecule has 1 atom stereocenters. The van der Waals surface area contributed by atoms with Gasteiger partial charge in [0.25, 0.3) is 0 Å². The molecule has 14 heavy (non-hydrogen) atoms. The normalized spacial score (nSPS) is 31.4. The summed E-state index contributed by atoms with van der Waals surface area (Å²) in [6, 6.07) is 0. The topological polar surface area (TPSA) is 43.1 Å². The zero-order chi connectivity index (χ0) is 10.8. The van der Waals surface area contributed by atoms with Gasteiger partial charge in [-0.1, -0.05) is 6.92 Å². The van der Waals surface area contributed by atoms with Crippen LogP contribution in [0.2, 0.25) is 0 Å². The summed E-state index contributed by atoms with van der Waals surface area (Å²) in [5, 5.41) is 0.411. The van der Waals surface area contributed by atoms with E-state index in [2.05, 4.69) is 6.92 Å². The maximum absolute atomic E-state index is 12.0. The van der Waals surface area contributed by atoms with Crippen molar-refractivity contribution in [1.82, 2.24) is 0 Å². The average Bonchev–Trinajstić information content (AvgIpc) is 2.02. The van der Waals surface area contributed by atoms with Crippen LogP contribution in [0, 0.1) is 5.92 Å². The monoisotopic (exact) mass is 217 g/mol. The van der Waals surface area contributed by atoms with Crippen LogP contribution in [-0.2, 0) is 10.8 Å². The highest BCUT2D eigenvalue weighted by Crippen LogP contribution is 2.27. The van der Waals surface area contributed by atoms with Crippen LogP contribution in [0.4, 0.5) is 0 Å². The third-order valence-corrected chi connectivity index (χ3v) is 5.09. The van der Waals surface area contributed by atoms with Crippen molar-refractivity contribution in [3.63, 3.8) is 0 Å². The quantitative estimate of drug-likeness (QED) is 0.786. The molecule has 1 fully saturated rings. The number of hydrogen-bond acceptors (Lipinski definition) is 2. The SMILES string of the molecule is CC1CCC(S(=O)CC(C)(C)N)CC1. The zero-order valence-electron chi connectivity index (χ0n) is 9.58. The molecule has 0 bridgehead atoms. The van der Waals surface area contributed by atoms with Gasteiger partial charge in [-0.05, 0) is 45.4 Å². The maximum atomic E-state index is 12.0. The molecule has 1 saturated carbocycles. The minimum atomic E-state index is -0.716. The van der Waals surface area contributed by atoms with Crippen LogP contribution < -0.4 is 5.73 Å². The Morgan fingerprint density at radius 2 is 1.79 bits per heavy atom. The van der Waals surface area contributed by atoms with E-state index in [1.54, 1.807) is 0 Å². The summed E-state index contributed by atoms with van der Waals surface area (Å²) in [6.07, 6.45) is 4.73. The molecule has 1 rings (SSSR count). The summed E-state index contributed by atoms with van der Waals surface area (Å²) in [7, 11) is -0.716. The van der Waals surface area contributed by atoms with Crippen molar-refractivity contribution in [3.8, 4) is 0 Å². The lowest BCUT2D eigenvalue weighted by atomic mass is 9.91. The van der Waals surface area contributed by atoms with Gasteiger partial charge in [0.15, 0.2) is 0 Å². The van der Waals surface area contributed by atoms with E-state index in [1.165, 1.54) is 12.8 Å². The largest absolute Gasteiger partial charge is 0.325 e. The molecule has 2 N–H and O–H groups in total. The zero-order valence-corrected chi connectivity index (χ0v) is 10.4. The van der Waals surface area contributed by atoms with Crippen LogP contribution in [-0.4, -0.2) is 20.8 Å².